The van der Waals surface area contributed by atoms with Gasteiger partial charge in [-0.1, -0.05) is 98.0 Å². The van der Waals surface area contributed by atoms with Gasteiger partial charge in [0.05, 0.1) is 0 Å². The maximum atomic E-state index is 6.44. The van der Waals surface area contributed by atoms with Crippen LogP contribution in [-0.2, 0) is 0 Å². The van der Waals surface area contributed by atoms with Gasteiger partial charge in [0, 0.05) is 13.1 Å². The monoisotopic (exact) mass is 409 g/mol. The molecular weight excluding hydrogens is 387 g/mol. The third-order valence-corrected chi connectivity index (χ3v) is 5.90. The van der Waals surface area contributed by atoms with E-state index in [9.17, 15) is 0 Å². The van der Waals surface area contributed by atoms with E-state index in [1.807, 2.05) is 9.91 Å². The molecular formula is C14H24Cl5N3. The second-order valence-electron chi connectivity index (χ2n) is 6.04. The fourth-order valence-corrected chi connectivity index (χ4v) is 3.19. The van der Waals surface area contributed by atoms with Gasteiger partial charge in [0.15, 0.2) is 6.17 Å². The van der Waals surface area contributed by atoms with Gasteiger partial charge in [-0.3, -0.25) is 5.01 Å². The first-order valence-electron chi connectivity index (χ1n) is 7.62. The van der Waals surface area contributed by atoms with Crippen molar-refractivity contribution in [3.8, 4) is 0 Å². The predicted molar refractivity (Wildman–Crippen MR) is 99.4 cm³/mol. The van der Waals surface area contributed by atoms with E-state index in [1.165, 1.54) is 12.8 Å². The van der Waals surface area contributed by atoms with E-state index in [0.29, 0.717) is 5.92 Å². The van der Waals surface area contributed by atoms with Crippen molar-refractivity contribution in [2.24, 2.45) is 11.0 Å². The lowest BCUT2D eigenvalue weighted by Crippen LogP contribution is -2.57. The first-order valence-corrected chi connectivity index (χ1v) is 9.51. The highest BCUT2D eigenvalue weighted by molar-refractivity contribution is 6.75. The Bertz CT molecular complexity index is 368. The molecule has 3 nitrogen and oxygen atoms in total. The van der Waals surface area contributed by atoms with Gasteiger partial charge in [-0.25, -0.2) is 0 Å². The molecule has 22 heavy (non-hydrogen) atoms. The van der Waals surface area contributed by atoms with Crippen LogP contribution in [-0.4, -0.2) is 43.6 Å². The van der Waals surface area contributed by atoms with Crippen LogP contribution in [0.4, 0.5) is 0 Å². The summed E-state index contributed by atoms with van der Waals surface area (Å²) in [4.78, 5) is 1.95. The number of unbranched alkanes of at least 4 members (excludes halogenated alkanes) is 3. The maximum Gasteiger partial charge on any atom is 0.227 e. The zero-order valence-corrected chi connectivity index (χ0v) is 17.0. The number of hydrogen-bond donors (Lipinski definition) is 0. The fourth-order valence-electron chi connectivity index (χ4n) is 2.42. The number of hydrogen-bond acceptors (Lipinski definition) is 3. The molecule has 0 saturated carbocycles. The molecule has 0 radical (unpaired) electrons. The summed E-state index contributed by atoms with van der Waals surface area (Å²) < 4.78 is -3.40. The van der Waals surface area contributed by atoms with E-state index in [-0.39, 0.29) is 0 Å². The van der Waals surface area contributed by atoms with Gasteiger partial charge in [0.25, 0.3) is 0 Å². The summed E-state index contributed by atoms with van der Waals surface area (Å²) in [7, 11) is 0. The Kier molecular flexibility index (Phi) is 8.22. The van der Waals surface area contributed by atoms with Crippen LogP contribution in [0.3, 0.4) is 0 Å². The summed E-state index contributed by atoms with van der Waals surface area (Å²) in [6.07, 6.45) is 5.74. The molecule has 0 aromatic rings. The third kappa shape index (κ3) is 5.37. The highest BCUT2D eigenvalue weighted by Gasteiger charge is 2.57. The van der Waals surface area contributed by atoms with Crippen LogP contribution in [0.25, 0.3) is 0 Å². The van der Waals surface area contributed by atoms with Gasteiger partial charge in [-0.2, -0.15) is 5.10 Å². The van der Waals surface area contributed by atoms with Gasteiger partial charge in [0.2, 0.25) is 8.13 Å². The van der Waals surface area contributed by atoms with Crippen molar-refractivity contribution in [3.63, 3.8) is 0 Å². The lowest BCUT2D eigenvalue weighted by atomic mass is 10.1. The van der Waals surface area contributed by atoms with Gasteiger partial charge in [-0.15, -0.1) is 0 Å². The summed E-state index contributed by atoms with van der Waals surface area (Å²) >= 11 is 30.9. The molecule has 0 fully saturated rings. The summed E-state index contributed by atoms with van der Waals surface area (Å²) in [5.74, 6) is 0.411. The van der Waals surface area contributed by atoms with Gasteiger partial charge >= 0.3 is 0 Å². The zero-order valence-electron chi connectivity index (χ0n) is 13.2. The number of rotatable bonds is 8. The van der Waals surface area contributed by atoms with E-state index in [2.05, 4.69) is 25.9 Å². The van der Waals surface area contributed by atoms with E-state index < -0.39 is 14.3 Å². The van der Waals surface area contributed by atoms with Crippen LogP contribution >= 0.6 is 58.0 Å². The standard InChI is InChI=1S/C14H24Cl5N3/c1-4-5-6-7-8-22-12(13(15,16)14(17,18)19)21(10-20-22)9-11(2)3/h10-12H,4-9H2,1-3H3. The molecule has 0 aliphatic carbocycles. The van der Waals surface area contributed by atoms with E-state index in [1.54, 1.807) is 6.34 Å². The van der Waals surface area contributed by atoms with Crippen LogP contribution in [0, 0.1) is 5.92 Å². The Morgan fingerprint density at radius 3 is 2.23 bits per heavy atom. The van der Waals surface area contributed by atoms with Gasteiger partial charge < -0.3 is 4.90 Å². The Labute approximate surface area is 158 Å². The molecule has 130 valence electrons. The normalized spacial score (nSPS) is 19.6. The smallest absolute Gasteiger partial charge is 0.227 e. The number of hydrazone groups is 1. The van der Waals surface area contributed by atoms with E-state index >= 15 is 0 Å². The molecule has 0 spiro atoms. The molecule has 1 unspecified atom stereocenters. The molecule has 0 saturated heterocycles. The minimum Gasteiger partial charge on any atom is -0.337 e. The molecule has 0 aromatic heterocycles. The lowest BCUT2D eigenvalue weighted by Gasteiger charge is -2.42. The van der Waals surface area contributed by atoms with Crippen LogP contribution in [0.2, 0.25) is 0 Å². The fraction of sp³-hybridized carbons (Fsp3) is 0.929. The van der Waals surface area contributed by atoms with Crippen molar-refractivity contribution >= 4 is 64.3 Å². The van der Waals surface area contributed by atoms with E-state index in [0.717, 1.165) is 25.9 Å². The predicted octanol–water partition coefficient (Wildman–Crippen LogP) is 5.65. The minimum atomic E-state index is -1.81. The zero-order chi connectivity index (χ0) is 17.0. The van der Waals surface area contributed by atoms with Crippen molar-refractivity contribution < 1.29 is 0 Å². The average molecular weight is 412 g/mol. The Balaban J connectivity index is 2.85. The molecule has 0 bridgehead atoms. The van der Waals surface area contributed by atoms with Gasteiger partial charge in [0.1, 0.15) is 6.34 Å². The SMILES string of the molecule is CCCCCCN1N=CN(CC(C)C)C1C(Cl)(Cl)C(Cl)(Cl)Cl. The van der Waals surface area contributed by atoms with Crippen LogP contribution in [0.15, 0.2) is 5.10 Å². The number of halogens is 5. The topological polar surface area (TPSA) is 18.8 Å². The van der Waals surface area contributed by atoms with Crippen LogP contribution < -0.4 is 0 Å². The highest BCUT2D eigenvalue weighted by atomic mass is 35.6. The molecule has 0 amide bonds. The Hall–Kier alpha value is 0.720. The maximum absolute atomic E-state index is 6.44. The lowest BCUT2D eigenvalue weighted by molar-refractivity contribution is 0.106. The first-order chi connectivity index (χ1) is 10.1. The van der Waals surface area contributed by atoms with Gasteiger partial charge in [-0.05, 0) is 12.3 Å². The second-order valence-corrected chi connectivity index (χ2v) is 9.71. The number of nitrogens with zero attached hydrogens (tertiary/aromatic N) is 3. The summed E-state index contributed by atoms with van der Waals surface area (Å²) in [5.41, 5.74) is 0. The largest absolute Gasteiger partial charge is 0.337 e. The molecule has 1 heterocycles. The average Bonchev–Trinajstić information content (AvgIpc) is 2.76. The highest BCUT2D eigenvalue weighted by Crippen LogP contribution is 2.50. The van der Waals surface area contributed by atoms with Crippen molar-refractivity contribution in [2.75, 3.05) is 13.1 Å². The van der Waals surface area contributed by atoms with Crippen molar-refractivity contribution in [1.29, 1.82) is 0 Å². The first kappa shape index (κ1) is 20.8. The Morgan fingerprint density at radius 1 is 1.09 bits per heavy atom. The summed E-state index contributed by atoms with van der Waals surface area (Å²) in [6, 6.07) is 0. The Morgan fingerprint density at radius 2 is 1.73 bits per heavy atom. The molecule has 0 N–H and O–H groups in total. The summed E-state index contributed by atoms with van der Waals surface area (Å²) in [5, 5.41) is 6.25. The molecule has 0 aromatic carbocycles. The van der Waals surface area contributed by atoms with Crippen LogP contribution in [0.1, 0.15) is 46.5 Å². The molecule has 1 atom stereocenters. The van der Waals surface area contributed by atoms with Crippen molar-refractivity contribution in [1.82, 2.24) is 9.91 Å². The van der Waals surface area contributed by atoms with Crippen LogP contribution in [0.5, 0.6) is 0 Å². The molecule has 1 rings (SSSR count). The molecule has 1 aliphatic rings. The van der Waals surface area contributed by atoms with Crippen molar-refractivity contribution in [3.05, 3.63) is 0 Å². The second kappa shape index (κ2) is 8.71. The van der Waals surface area contributed by atoms with E-state index in [4.69, 9.17) is 58.0 Å². The number of alkyl halides is 5. The third-order valence-electron chi connectivity index (χ3n) is 3.46. The minimum absolute atomic E-state index is 0.411. The van der Waals surface area contributed by atoms with Crippen molar-refractivity contribution in [2.45, 2.75) is 60.7 Å². The quantitative estimate of drug-likeness (QED) is 0.379. The molecule has 1 aliphatic heterocycles. The summed E-state index contributed by atoms with van der Waals surface area (Å²) in [6.45, 7) is 7.86. The molecule has 8 heteroatoms.